The third-order valence-electron chi connectivity index (χ3n) is 5.61. The standard InChI is InChI=1S/C24H32N2O2/c1-4-18-10-8-14-22(23(18)28-6-3)19-11-7-12-20(16-19)24(27)25-17-21-13-9-15-26(21)5-2/h7-8,10-12,14,16,21H,4-6,9,13,15,17H2,1-3H3,(H,25,27). The number of ether oxygens (including phenoxy) is 1. The second kappa shape index (κ2) is 9.74. The first-order valence-electron chi connectivity index (χ1n) is 10.5. The lowest BCUT2D eigenvalue weighted by molar-refractivity contribution is 0.0941. The van der Waals surface area contributed by atoms with E-state index in [1.54, 1.807) is 0 Å². The monoisotopic (exact) mass is 380 g/mol. The summed E-state index contributed by atoms with van der Waals surface area (Å²) in [6, 6.07) is 14.5. The number of para-hydroxylation sites is 1. The minimum atomic E-state index is -0.00518. The van der Waals surface area contributed by atoms with Crippen LogP contribution in [0.25, 0.3) is 11.1 Å². The van der Waals surface area contributed by atoms with Gasteiger partial charge < -0.3 is 10.1 Å². The van der Waals surface area contributed by atoms with Gasteiger partial charge in [0.2, 0.25) is 0 Å². The Bertz CT molecular complexity index is 803. The zero-order valence-electron chi connectivity index (χ0n) is 17.3. The average molecular weight is 381 g/mol. The van der Waals surface area contributed by atoms with Crippen LogP contribution < -0.4 is 10.1 Å². The lowest BCUT2D eigenvalue weighted by atomic mass is 9.98. The van der Waals surface area contributed by atoms with Crippen molar-refractivity contribution in [2.75, 3.05) is 26.2 Å². The fourth-order valence-corrected chi connectivity index (χ4v) is 4.09. The highest BCUT2D eigenvalue weighted by Gasteiger charge is 2.23. The predicted molar refractivity (Wildman–Crippen MR) is 115 cm³/mol. The van der Waals surface area contributed by atoms with E-state index in [1.807, 2.05) is 31.2 Å². The molecule has 1 heterocycles. The fourth-order valence-electron chi connectivity index (χ4n) is 4.09. The minimum Gasteiger partial charge on any atom is -0.493 e. The number of carbonyl (C=O) groups is 1. The maximum Gasteiger partial charge on any atom is 0.251 e. The van der Waals surface area contributed by atoms with Crippen LogP contribution in [0, 0.1) is 0 Å². The molecule has 1 unspecified atom stereocenters. The van der Waals surface area contributed by atoms with E-state index >= 15 is 0 Å². The first-order valence-corrected chi connectivity index (χ1v) is 10.5. The van der Waals surface area contributed by atoms with Crippen molar-refractivity contribution in [2.24, 2.45) is 0 Å². The molecule has 1 N–H and O–H groups in total. The van der Waals surface area contributed by atoms with Gasteiger partial charge in [-0.15, -0.1) is 0 Å². The Morgan fingerprint density at radius 2 is 2.00 bits per heavy atom. The van der Waals surface area contributed by atoms with E-state index in [2.05, 4.69) is 42.3 Å². The third-order valence-corrected chi connectivity index (χ3v) is 5.61. The lowest BCUT2D eigenvalue weighted by Crippen LogP contribution is -2.40. The van der Waals surface area contributed by atoms with Crippen LogP contribution in [-0.4, -0.2) is 43.1 Å². The molecule has 0 bridgehead atoms. The average Bonchev–Trinajstić information content (AvgIpc) is 3.20. The summed E-state index contributed by atoms with van der Waals surface area (Å²) >= 11 is 0. The normalized spacial score (nSPS) is 16.9. The number of hydrogen-bond acceptors (Lipinski definition) is 3. The lowest BCUT2D eigenvalue weighted by Gasteiger charge is -2.23. The molecule has 150 valence electrons. The summed E-state index contributed by atoms with van der Waals surface area (Å²) in [6.45, 7) is 9.84. The molecule has 0 radical (unpaired) electrons. The molecule has 2 aromatic rings. The molecule has 1 saturated heterocycles. The van der Waals surface area contributed by atoms with Gasteiger partial charge in [-0.25, -0.2) is 0 Å². The molecule has 0 spiro atoms. The molecule has 1 amide bonds. The van der Waals surface area contributed by atoms with Gasteiger partial charge >= 0.3 is 0 Å². The summed E-state index contributed by atoms with van der Waals surface area (Å²) in [5, 5.41) is 3.13. The zero-order valence-corrected chi connectivity index (χ0v) is 17.3. The molecule has 1 aliphatic rings. The van der Waals surface area contributed by atoms with E-state index in [9.17, 15) is 4.79 Å². The smallest absolute Gasteiger partial charge is 0.251 e. The molecule has 0 aliphatic carbocycles. The molecule has 1 aliphatic heterocycles. The van der Waals surface area contributed by atoms with Crippen LogP contribution in [0.15, 0.2) is 42.5 Å². The van der Waals surface area contributed by atoms with E-state index in [4.69, 9.17) is 4.74 Å². The number of carbonyl (C=O) groups excluding carboxylic acids is 1. The molecule has 4 heteroatoms. The van der Waals surface area contributed by atoms with Gasteiger partial charge in [0.15, 0.2) is 0 Å². The maximum atomic E-state index is 12.8. The summed E-state index contributed by atoms with van der Waals surface area (Å²) in [6.07, 6.45) is 3.30. The molecule has 3 rings (SSSR count). The van der Waals surface area contributed by atoms with Crippen molar-refractivity contribution in [3.63, 3.8) is 0 Å². The van der Waals surface area contributed by atoms with Crippen LogP contribution in [0.3, 0.4) is 0 Å². The summed E-state index contributed by atoms with van der Waals surface area (Å²) in [7, 11) is 0. The van der Waals surface area contributed by atoms with Crippen molar-refractivity contribution in [3.05, 3.63) is 53.6 Å². The summed E-state index contributed by atoms with van der Waals surface area (Å²) < 4.78 is 5.95. The Kier molecular flexibility index (Phi) is 7.10. The Morgan fingerprint density at radius 1 is 1.18 bits per heavy atom. The van der Waals surface area contributed by atoms with Crippen LogP contribution in [0.1, 0.15) is 49.5 Å². The number of rotatable bonds is 8. The van der Waals surface area contributed by atoms with Crippen LogP contribution in [0.2, 0.25) is 0 Å². The highest BCUT2D eigenvalue weighted by atomic mass is 16.5. The highest BCUT2D eigenvalue weighted by molar-refractivity contribution is 5.95. The van der Waals surface area contributed by atoms with Gasteiger partial charge in [0.05, 0.1) is 6.61 Å². The molecule has 1 atom stereocenters. The topological polar surface area (TPSA) is 41.6 Å². The van der Waals surface area contributed by atoms with Gasteiger partial charge in [0.25, 0.3) is 5.91 Å². The first kappa shape index (κ1) is 20.4. The van der Waals surface area contributed by atoms with Gasteiger partial charge in [0.1, 0.15) is 5.75 Å². The minimum absolute atomic E-state index is 0.00518. The molecule has 0 aromatic heterocycles. The molecule has 2 aromatic carbocycles. The van der Waals surface area contributed by atoms with Crippen molar-refractivity contribution in [1.82, 2.24) is 10.2 Å². The van der Waals surface area contributed by atoms with Gasteiger partial charge in [-0.2, -0.15) is 0 Å². The van der Waals surface area contributed by atoms with Gasteiger partial charge in [0, 0.05) is 23.7 Å². The summed E-state index contributed by atoms with van der Waals surface area (Å²) in [5.74, 6) is 0.920. The van der Waals surface area contributed by atoms with E-state index in [0.29, 0.717) is 24.8 Å². The van der Waals surface area contributed by atoms with Gasteiger partial charge in [-0.05, 0) is 62.5 Å². The predicted octanol–water partition coefficient (Wildman–Crippen LogP) is 4.53. The number of likely N-dealkylation sites (tertiary alicyclic amines) is 1. The SMILES string of the molecule is CCOc1c(CC)cccc1-c1cccc(C(=O)NCC2CCCN2CC)c1. The van der Waals surface area contributed by atoms with Crippen LogP contribution in [-0.2, 0) is 6.42 Å². The Labute approximate surface area is 168 Å². The first-order chi connectivity index (χ1) is 13.7. The number of benzene rings is 2. The molecule has 4 nitrogen and oxygen atoms in total. The number of nitrogens with one attached hydrogen (secondary N) is 1. The zero-order chi connectivity index (χ0) is 19.9. The Hall–Kier alpha value is -2.33. The molecule has 1 fully saturated rings. The van der Waals surface area contributed by atoms with Gasteiger partial charge in [-0.3, -0.25) is 9.69 Å². The van der Waals surface area contributed by atoms with Crippen LogP contribution in [0.5, 0.6) is 5.75 Å². The quantitative estimate of drug-likeness (QED) is 0.732. The number of amides is 1. The molecular formula is C24H32N2O2. The second-order valence-electron chi connectivity index (χ2n) is 7.30. The van der Waals surface area contributed by atoms with Crippen LogP contribution >= 0.6 is 0 Å². The second-order valence-corrected chi connectivity index (χ2v) is 7.30. The van der Waals surface area contributed by atoms with Crippen molar-refractivity contribution < 1.29 is 9.53 Å². The Morgan fingerprint density at radius 3 is 2.75 bits per heavy atom. The van der Waals surface area contributed by atoms with E-state index in [0.717, 1.165) is 42.8 Å². The van der Waals surface area contributed by atoms with Gasteiger partial charge in [-0.1, -0.05) is 44.2 Å². The Balaban J connectivity index is 1.78. The van der Waals surface area contributed by atoms with Crippen molar-refractivity contribution in [1.29, 1.82) is 0 Å². The largest absolute Gasteiger partial charge is 0.493 e. The van der Waals surface area contributed by atoms with Crippen molar-refractivity contribution in [2.45, 2.75) is 46.1 Å². The highest BCUT2D eigenvalue weighted by Crippen LogP contribution is 2.34. The third kappa shape index (κ3) is 4.56. The van der Waals surface area contributed by atoms with E-state index in [-0.39, 0.29) is 5.91 Å². The fraction of sp³-hybridized carbons (Fsp3) is 0.458. The van der Waals surface area contributed by atoms with Crippen molar-refractivity contribution >= 4 is 5.91 Å². The van der Waals surface area contributed by atoms with E-state index in [1.165, 1.54) is 12.0 Å². The molecular weight excluding hydrogens is 348 g/mol. The number of aryl methyl sites for hydroxylation is 1. The molecule has 0 saturated carbocycles. The molecule has 28 heavy (non-hydrogen) atoms. The summed E-state index contributed by atoms with van der Waals surface area (Å²) in [4.78, 5) is 15.2. The maximum absolute atomic E-state index is 12.8. The van der Waals surface area contributed by atoms with Crippen LogP contribution in [0.4, 0.5) is 0 Å². The van der Waals surface area contributed by atoms with Crippen molar-refractivity contribution in [3.8, 4) is 16.9 Å². The summed E-state index contributed by atoms with van der Waals surface area (Å²) in [5.41, 5.74) is 3.95. The number of nitrogens with zero attached hydrogens (tertiary/aromatic N) is 1. The number of likely N-dealkylation sites (N-methyl/N-ethyl adjacent to an activating group) is 1. The number of hydrogen-bond donors (Lipinski definition) is 1. The van der Waals surface area contributed by atoms with E-state index < -0.39 is 0 Å².